The summed E-state index contributed by atoms with van der Waals surface area (Å²) in [6.07, 6.45) is 1.88. The molecule has 6 heteroatoms. The Balaban J connectivity index is 2.80. The highest BCUT2D eigenvalue weighted by atomic mass is 16.6. The van der Waals surface area contributed by atoms with Crippen LogP contribution in [0.25, 0.3) is 0 Å². The summed E-state index contributed by atoms with van der Waals surface area (Å²) in [6, 6.07) is 4.67. The first kappa shape index (κ1) is 15.9. The molecule has 110 valence electrons. The molecule has 0 atom stereocenters. The minimum atomic E-state index is -0.533. The van der Waals surface area contributed by atoms with E-state index in [-0.39, 0.29) is 11.3 Å². The molecule has 0 fully saturated rings. The number of rotatable bonds is 7. The van der Waals surface area contributed by atoms with Crippen molar-refractivity contribution in [3.63, 3.8) is 0 Å². The van der Waals surface area contributed by atoms with Gasteiger partial charge in [0.1, 0.15) is 11.3 Å². The van der Waals surface area contributed by atoms with Gasteiger partial charge in [0, 0.05) is 13.6 Å². The van der Waals surface area contributed by atoms with Crippen molar-refractivity contribution in [1.29, 1.82) is 0 Å². The second-order valence-electron chi connectivity index (χ2n) is 5.00. The SMILES string of the molecule is CNc1cccc(C(=O)NCCCC(C)C)c1[N+](=O)[O-]. The fourth-order valence-electron chi connectivity index (χ4n) is 1.93. The lowest BCUT2D eigenvalue weighted by Crippen LogP contribution is -2.25. The van der Waals surface area contributed by atoms with Gasteiger partial charge in [-0.3, -0.25) is 14.9 Å². The van der Waals surface area contributed by atoms with Gasteiger partial charge in [-0.05, 0) is 30.9 Å². The van der Waals surface area contributed by atoms with E-state index in [0.717, 1.165) is 12.8 Å². The van der Waals surface area contributed by atoms with Crippen molar-refractivity contribution in [1.82, 2.24) is 5.32 Å². The number of nitro benzene ring substituents is 1. The van der Waals surface area contributed by atoms with E-state index in [1.165, 1.54) is 6.07 Å². The van der Waals surface area contributed by atoms with E-state index < -0.39 is 10.8 Å². The third-order valence-electron chi connectivity index (χ3n) is 2.98. The number of para-hydroxylation sites is 1. The molecule has 0 radical (unpaired) electrons. The molecule has 20 heavy (non-hydrogen) atoms. The fourth-order valence-corrected chi connectivity index (χ4v) is 1.93. The van der Waals surface area contributed by atoms with Crippen molar-refractivity contribution in [3.8, 4) is 0 Å². The standard InChI is InChI=1S/C14H21N3O3/c1-10(2)6-5-9-16-14(18)11-7-4-8-12(15-3)13(11)17(19)20/h4,7-8,10,15H,5-6,9H2,1-3H3,(H,16,18). The van der Waals surface area contributed by atoms with Gasteiger partial charge in [-0.2, -0.15) is 0 Å². The van der Waals surface area contributed by atoms with Gasteiger partial charge in [0.2, 0.25) is 0 Å². The summed E-state index contributed by atoms with van der Waals surface area (Å²) >= 11 is 0. The Bertz CT molecular complexity index is 487. The van der Waals surface area contributed by atoms with E-state index in [0.29, 0.717) is 18.2 Å². The number of nitro groups is 1. The van der Waals surface area contributed by atoms with Gasteiger partial charge in [0.25, 0.3) is 5.91 Å². The van der Waals surface area contributed by atoms with E-state index in [2.05, 4.69) is 24.5 Å². The van der Waals surface area contributed by atoms with Crippen molar-refractivity contribution in [2.24, 2.45) is 5.92 Å². The quantitative estimate of drug-likeness (QED) is 0.456. The highest BCUT2D eigenvalue weighted by Gasteiger charge is 2.23. The molecular weight excluding hydrogens is 258 g/mol. The van der Waals surface area contributed by atoms with Crippen molar-refractivity contribution >= 4 is 17.3 Å². The zero-order valence-electron chi connectivity index (χ0n) is 12.1. The molecule has 0 bridgehead atoms. The monoisotopic (exact) mass is 279 g/mol. The van der Waals surface area contributed by atoms with Crippen LogP contribution in [-0.4, -0.2) is 24.4 Å². The van der Waals surface area contributed by atoms with E-state index in [1.807, 2.05) is 0 Å². The minimum Gasteiger partial charge on any atom is -0.383 e. The lowest BCUT2D eigenvalue weighted by Gasteiger charge is -2.09. The van der Waals surface area contributed by atoms with E-state index in [4.69, 9.17) is 0 Å². The first-order valence-corrected chi connectivity index (χ1v) is 6.70. The Hall–Kier alpha value is -2.11. The van der Waals surface area contributed by atoms with E-state index in [1.54, 1.807) is 19.2 Å². The number of nitrogens with zero attached hydrogens (tertiary/aromatic N) is 1. The zero-order valence-corrected chi connectivity index (χ0v) is 12.1. The highest BCUT2D eigenvalue weighted by molar-refractivity contribution is 6.00. The summed E-state index contributed by atoms with van der Waals surface area (Å²) in [4.78, 5) is 22.6. The van der Waals surface area contributed by atoms with Crippen LogP contribution in [0.1, 0.15) is 37.0 Å². The first-order valence-electron chi connectivity index (χ1n) is 6.70. The molecule has 0 saturated heterocycles. The average Bonchev–Trinajstić information content (AvgIpc) is 2.41. The van der Waals surface area contributed by atoms with Crippen molar-refractivity contribution in [2.45, 2.75) is 26.7 Å². The number of nitrogens with one attached hydrogen (secondary N) is 2. The maximum atomic E-state index is 12.0. The predicted octanol–water partition coefficient (Wildman–Crippen LogP) is 2.80. The molecule has 0 aromatic heterocycles. The molecule has 0 aliphatic rings. The summed E-state index contributed by atoms with van der Waals surface area (Å²) in [5.74, 6) is 0.173. The Morgan fingerprint density at radius 3 is 2.65 bits per heavy atom. The number of amides is 1. The lowest BCUT2D eigenvalue weighted by molar-refractivity contribution is -0.384. The molecule has 0 aliphatic carbocycles. The number of carbonyl (C=O) groups is 1. The number of benzene rings is 1. The fraction of sp³-hybridized carbons (Fsp3) is 0.500. The molecule has 0 spiro atoms. The maximum Gasteiger partial charge on any atom is 0.305 e. The number of carbonyl (C=O) groups excluding carboxylic acids is 1. The van der Waals surface area contributed by atoms with Gasteiger partial charge in [-0.15, -0.1) is 0 Å². The lowest BCUT2D eigenvalue weighted by atomic mass is 10.1. The molecule has 6 nitrogen and oxygen atoms in total. The average molecular weight is 279 g/mol. The molecule has 1 aromatic carbocycles. The Labute approximate surface area is 118 Å². The highest BCUT2D eigenvalue weighted by Crippen LogP contribution is 2.28. The summed E-state index contributed by atoms with van der Waals surface area (Å²) in [5.41, 5.74) is 0.243. The smallest absolute Gasteiger partial charge is 0.305 e. The van der Waals surface area contributed by atoms with Crippen LogP contribution >= 0.6 is 0 Å². The molecule has 2 N–H and O–H groups in total. The van der Waals surface area contributed by atoms with Crippen LogP contribution in [0, 0.1) is 16.0 Å². The second-order valence-corrected chi connectivity index (χ2v) is 5.00. The van der Waals surface area contributed by atoms with Crippen LogP contribution < -0.4 is 10.6 Å². The van der Waals surface area contributed by atoms with Crippen LogP contribution in [0.2, 0.25) is 0 Å². The van der Waals surface area contributed by atoms with Crippen molar-refractivity contribution in [3.05, 3.63) is 33.9 Å². The zero-order chi connectivity index (χ0) is 15.1. The molecular formula is C14H21N3O3. The minimum absolute atomic E-state index is 0.0893. The third-order valence-corrected chi connectivity index (χ3v) is 2.98. The second kappa shape index (κ2) is 7.47. The van der Waals surface area contributed by atoms with Gasteiger partial charge in [-0.25, -0.2) is 0 Å². The summed E-state index contributed by atoms with van der Waals surface area (Å²) < 4.78 is 0. The Morgan fingerprint density at radius 1 is 1.40 bits per heavy atom. The van der Waals surface area contributed by atoms with Crippen LogP contribution in [0.15, 0.2) is 18.2 Å². The van der Waals surface area contributed by atoms with Gasteiger partial charge in [-0.1, -0.05) is 19.9 Å². The van der Waals surface area contributed by atoms with Crippen LogP contribution in [0.3, 0.4) is 0 Å². The van der Waals surface area contributed by atoms with E-state index in [9.17, 15) is 14.9 Å². The first-order chi connectivity index (χ1) is 9.47. The molecule has 1 amide bonds. The van der Waals surface area contributed by atoms with Crippen LogP contribution in [0.5, 0.6) is 0 Å². The van der Waals surface area contributed by atoms with Gasteiger partial charge in [0.05, 0.1) is 4.92 Å². The van der Waals surface area contributed by atoms with Crippen LogP contribution in [-0.2, 0) is 0 Å². The largest absolute Gasteiger partial charge is 0.383 e. The van der Waals surface area contributed by atoms with Gasteiger partial charge in [0.15, 0.2) is 0 Å². The summed E-state index contributed by atoms with van der Waals surface area (Å²) in [7, 11) is 1.59. The maximum absolute atomic E-state index is 12.0. The van der Waals surface area contributed by atoms with E-state index >= 15 is 0 Å². The predicted molar refractivity (Wildman–Crippen MR) is 79.0 cm³/mol. The van der Waals surface area contributed by atoms with Gasteiger partial charge < -0.3 is 10.6 Å². The van der Waals surface area contributed by atoms with Crippen LogP contribution in [0.4, 0.5) is 11.4 Å². The topological polar surface area (TPSA) is 84.3 Å². The number of hydrogen-bond donors (Lipinski definition) is 2. The van der Waals surface area contributed by atoms with Crippen molar-refractivity contribution < 1.29 is 9.72 Å². The normalized spacial score (nSPS) is 10.4. The number of hydrogen-bond acceptors (Lipinski definition) is 4. The molecule has 0 unspecified atom stereocenters. The Kier molecular flexibility index (Phi) is 5.96. The third kappa shape index (κ3) is 4.22. The molecule has 0 saturated carbocycles. The molecule has 0 heterocycles. The van der Waals surface area contributed by atoms with Gasteiger partial charge >= 0.3 is 5.69 Å². The van der Waals surface area contributed by atoms with Crippen molar-refractivity contribution in [2.75, 3.05) is 18.9 Å². The molecule has 0 aliphatic heterocycles. The molecule has 1 rings (SSSR count). The summed E-state index contributed by atoms with van der Waals surface area (Å²) in [6.45, 7) is 4.75. The summed E-state index contributed by atoms with van der Waals surface area (Å²) in [5, 5.41) is 16.6. The Morgan fingerprint density at radius 2 is 2.10 bits per heavy atom. The molecule has 1 aromatic rings. The number of anilines is 1.